The summed E-state index contributed by atoms with van der Waals surface area (Å²) in [6, 6.07) is 2.20. The van der Waals surface area contributed by atoms with E-state index >= 15 is 0 Å². The summed E-state index contributed by atoms with van der Waals surface area (Å²) in [5.41, 5.74) is -0.849. The van der Waals surface area contributed by atoms with Gasteiger partial charge in [0.25, 0.3) is 0 Å². The van der Waals surface area contributed by atoms with Crippen LogP contribution in [0.3, 0.4) is 0 Å². The Bertz CT molecular complexity index is 695. The van der Waals surface area contributed by atoms with Crippen LogP contribution in [0, 0.1) is 6.92 Å². The summed E-state index contributed by atoms with van der Waals surface area (Å²) in [6.45, 7) is 1.69. The normalized spacial score (nSPS) is 13.2. The van der Waals surface area contributed by atoms with Crippen LogP contribution >= 0.6 is 11.3 Å². The highest BCUT2D eigenvalue weighted by molar-refractivity contribution is 7.12. The Labute approximate surface area is 115 Å². The largest absolute Gasteiger partial charge is 0.503 e. The molecule has 106 valence electrons. The lowest BCUT2D eigenvalue weighted by atomic mass is 10.3. The van der Waals surface area contributed by atoms with Gasteiger partial charge < -0.3 is 9.67 Å². The summed E-state index contributed by atoms with van der Waals surface area (Å²) >= 11 is 1.01. The molecule has 0 aliphatic heterocycles. The van der Waals surface area contributed by atoms with Crippen molar-refractivity contribution >= 4 is 17.0 Å². The highest BCUT2D eigenvalue weighted by atomic mass is 32.1. The average molecular weight is 302 g/mol. The predicted octanol–water partition coefficient (Wildman–Crippen LogP) is 2.95. The minimum Gasteiger partial charge on any atom is -0.503 e. The number of thiazole rings is 1. The topological polar surface area (TPSA) is 55.1 Å². The van der Waals surface area contributed by atoms with E-state index in [4.69, 9.17) is 0 Å². The van der Waals surface area contributed by atoms with Gasteiger partial charge in [-0.3, -0.25) is 4.79 Å². The fraction of sp³-hybridized carbons (Fsp3) is 0.167. The van der Waals surface area contributed by atoms with Gasteiger partial charge in [0.2, 0.25) is 5.76 Å². The van der Waals surface area contributed by atoms with Gasteiger partial charge in [-0.05, 0) is 6.92 Å². The van der Waals surface area contributed by atoms with Gasteiger partial charge in [0.15, 0.2) is 5.43 Å². The van der Waals surface area contributed by atoms with Crippen molar-refractivity contribution in [2.75, 3.05) is 0 Å². The zero-order valence-corrected chi connectivity index (χ0v) is 11.0. The maximum Gasteiger partial charge on any atom is 0.451 e. The van der Waals surface area contributed by atoms with Crippen LogP contribution in [0.5, 0.6) is 0 Å². The van der Waals surface area contributed by atoms with Gasteiger partial charge in [0, 0.05) is 35.6 Å². The van der Waals surface area contributed by atoms with Crippen molar-refractivity contribution in [1.29, 1.82) is 0 Å². The SMILES string of the molecule is Cc1cnc(/C(=C(/O)C(F)(F)F)n2ccc(=O)cc2)s1. The van der Waals surface area contributed by atoms with Crippen molar-refractivity contribution in [2.24, 2.45) is 0 Å². The van der Waals surface area contributed by atoms with Gasteiger partial charge in [-0.15, -0.1) is 11.3 Å². The van der Waals surface area contributed by atoms with Gasteiger partial charge in [0.05, 0.1) is 0 Å². The second-order valence-electron chi connectivity index (χ2n) is 3.91. The van der Waals surface area contributed by atoms with Crippen molar-refractivity contribution in [3.63, 3.8) is 0 Å². The fourth-order valence-electron chi connectivity index (χ4n) is 1.49. The summed E-state index contributed by atoms with van der Waals surface area (Å²) < 4.78 is 39.3. The van der Waals surface area contributed by atoms with Crippen LogP contribution in [-0.4, -0.2) is 20.8 Å². The zero-order chi connectivity index (χ0) is 14.9. The molecule has 2 heterocycles. The molecule has 2 rings (SSSR count). The standard InChI is InChI=1S/C12H9F3N2O2S/c1-7-6-16-11(20-7)9(10(19)12(13,14)15)17-4-2-8(18)3-5-17/h2-6,19H,1H3/b10-9-. The van der Waals surface area contributed by atoms with Gasteiger partial charge in [-0.2, -0.15) is 13.2 Å². The van der Waals surface area contributed by atoms with Gasteiger partial charge in [-0.1, -0.05) is 0 Å². The number of rotatable bonds is 2. The Morgan fingerprint density at radius 2 is 1.95 bits per heavy atom. The van der Waals surface area contributed by atoms with E-state index in [0.29, 0.717) is 4.88 Å². The number of hydrogen-bond donors (Lipinski definition) is 1. The number of alkyl halides is 3. The van der Waals surface area contributed by atoms with Crippen LogP contribution in [-0.2, 0) is 0 Å². The zero-order valence-electron chi connectivity index (χ0n) is 10.2. The molecule has 0 saturated heterocycles. The number of aliphatic hydroxyl groups excluding tert-OH is 1. The summed E-state index contributed by atoms with van der Waals surface area (Å²) in [5.74, 6) is -1.75. The molecular weight excluding hydrogens is 293 g/mol. The van der Waals surface area contributed by atoms with Crippen molar-refractivity contribution in [3.8, 4) is 0 Å². The van der Waals surface area contributed by atoms with E-state index in [9.17, 15) is 23.1 Å². The molecule has 0 fully saturated rings. The van der Waals surface area contributed by atoms with Crippen LogP contribution in [0.1, 0.15) is 9.88 Å². The predicted molar refractivity (Wildman–Crippen MR) is 68.6 cm³/mol. The van der Waals surface area contributed by atoms with Crippen LogP contribution in [0.25, 0.3) is 5.70 Å². The number of pyridine rings is 1. The molecule has 8 heteroatoms. The lowest BCUT2D eigenvalue weighted by molar-refractivity contribution is -0.119. The molecule has 0 spiro atoms. The minimum absolute atomic E-state index is 0.0148. The second-order valence-corrected chi connectivity index (χ2v) is 5.15. The van der Waals surface area contributed by atoms with Crippen LogP contribution in [0.2, 0.25) is 0 Å². The maximum atomic E-state index is 12.8. The number of aliphatic hydroxyl groups is 1. The minimum atomic E-state index is -4.90. The highest BCUT2D eigenvalue weighted by Crippen LogP contribution is 2.32. The smallest absolute Gasteiger partial charge is 0.451 e. The lowest BCUT2D eigenvalue weighted by Crippen LogP contribution is -2.17. The van der Waals surface area contributed by atoms with Crippen molar-refractivity contribution in [1.82, 2.24) is 9.55 Å². The molecule has 20 heavy (non-hydrogen) atoms. The monoisotopic (exact) mass is 302 g/mol. The first-order valence-electron chi connectivity index (χ1n) is 5.41. The number of nitrogens with zero attached hydrogens (tertiary/aromatic N) is 2. The number of hydrogen-bond acceptors (Lipinski definition) is 4. The number of allylic oxidation sites excluding steroid dienone is 1. The Morgan fingerprint density at radius 3 is 2.40 bits per heavy atom. The van der Waals surface area contributed by atoms with E-state index < -0.39 is 17.6 Å². The van der Waals surface area contributed by atoms with Crippen molar-refractivity contribution < 1.29 is 18.3 Å². The first kappa shape index (κ1) is 14.3. The molecule has 0 aliphatic carbocycles. The van der Waals surface area contributed by atoms with E-state index in [0.717, 1.165) is 40.4 Å². The highest BCUT2D eigenvalue weighted by Gasteiger charge is 2.38. The summed E-state index contributed by atoms with van der Waals surface area (Å²) in [7, 11) is 0. The van der Waals surface area contributed by atoms with E-state index in [2.05, 4.69) is 4.98 Å². The Hall–Kier alpha value is -2.09. The molecule has 0 aliphatic rings. The van der Waals surface area contributed by atoms with Crippen LogP contribution < -0.4 is 5.43 Å². The number of aromatic nitrogens is 2. The third-order valence-electron chi connectivity index (χ3n) is 2.37. The first-order chi connectivity index (χ1) is 9.29. The number of aryl methyl sites for hydroxylation is 1. The average Bonchev–Trinajstić information content (AvgIpc) is 2.77. The molecule has 2 aromatic rings. The van der Waals surface area contributed by atoms with Crippen molar-refractivity contribution in [3.05, 3.63) is 56.6 Å². The summed E-state index contributed by atoms with van der Waals surface area (Å²) in [4.78, 5) is 15.6. The number of halogens is 3. The fourth-order valence-corrected chi connectivity index (χ4v) is 2.31. The van der Waals surface area contributed by atoms with Gasteiger partial charge >= 0.3 is 6.18 Å². The lowest BCUT2D eigenvalue weighted by Gasteiger charge is -2.13. The molecular formula is C12H9F3N2O2S. The van der Waals surface area contributed by atoms with E-state index in [1.54, 1.807) is 6.92 Å². The quantitative estimate of drug-likeness (QED) is 0.868. The summed E-state index contributed by atoms with van der Waals surface area (Å²) in [6.07, 6.45) is -1.20. The van der Waals surface area contributed by atoms with Crippen LogP contribution in [0.15, 0.2) is 41.3 Å². The maximum absolute atomic E-state index is 12.8. The Kier molecular flexibility index (Phi) is 3.67. The summed E-state index contributed by atoms with van der Waals surface area (Å²) in [5, 5.41) is 9.47. The molecule has 2 aromatic heterocycles. The molecule has 0 bridgehead atoms. The third-order valence-corrected chi connectivity index (χ3v) is 3.29. The van der Waals surface area contributed by atoms with E-state index in [-0.39, 0.29) is 10.4 Å². The second kappa shape index (κ2) is 5.12. The Balaban J connectivity index is 2.68. The van der Waals surface area contributed by atoms with Crippen LogP contribution in [0.4, 0.5) is 13.2 Å². The Morgan fingerprint density at radius 1 is 1.35 bits per heavy atom. The molecule has 0 aromatic carbocycles. The van der Waals surface area contributed by atoms with Crippen molar-refractivity contribution in [2.45, 2.75) is 13.1 Å². The molecule has 0 saturated carbocycles. The first-order valence-corrected chi connectivity index (χ1v) is 6.22. The van der Waals surface area contributed by atoms with E-state index in [1.165, 1.54) is 6.20 Å². The third kappa shape index (κ3) is 2.90. The molecule has 0 amide bonds. The molecule has 4 nitrogen and oxygen atoms in total. The van der Waals surface area contributed by atoms with Gasteiger partial charge in [-0.25, -0.2) is 4.98 Å². The van der Waals surface area contributed by atoms with E-state index in [1.807, 2.05) is 0 Å². The molecule has 0 radical (unpaired) electrons. The molecule has 1 N–H and O–H groups in total. The van der Waals surface area contributed by atoms with Gasteiger partial charge in [0.1, 0.15) is 10.7 Å². The molecule has 0 unspecified atom stereocenters. The molecule has 0 atom stereocenters.